The number of rotatable bonds is 4. The van der Waals surface area contributed by atoms with Crippen molar-refractivity contribution in [1.82, 2.24) is 9.97 Å². The molecule has 21 heavy (non-hydrogen) atoms. The second-order valence-electron chi connectivity index (χ2n) is 4.14. The van der Waals surface area contributed by atoms with Crippen LogP contribution in [-0.2, 0) is 0 Å². The number of methoxy groups -OCH3 is 1. The molecule has 1 aromatic heterocycles. The number of hydrogen-bond donors (Lipinski definition) is 2. The Labute approximate surface area is 125 Å². The van der Waals surface area contributed by atoms with Crippen LogP contribution in [0.5, 0.6) is 5.75 Å². The molecule has 0 saturated heterocycles. The van der Waals surface area contributed by atoms with Crippen LogP contribution in [0.1, 0.15) is 5.56 Å². The minimum atomic E-state index is -0.646. The lowest BCUT2D eigenvalue weighted by atomic mass is 10.2. The Balaban J connectivity index is 2.50. The fourth-order valence-electron chi connectivity index (χ4n) is 1.72. The quantitative estimate of drug-likeness (QED) is 0.658. The summed E-state index contributed by atoms with van der Waals surface area (Å²) >= 11 is 6.01. The Hall–Kier alpha value is -2.61. The third-order valence-corrected chi connectivity index (χ3v) is 3.17. The van der Waals surface area contributed by atoms with Crippen LogP contribution in [0.2, 0.25) is 5.02 Å². The summed E-state index contributed by atoms with van der Waals surface area (Å²) in [7, 11) is 1.47. The summed E-state index contributed by atoms with van der Waals surface area (Å²) in [5, 5.41) is 14.4. The highest BCUT2D eigenvalue weighted by atomic mass is 35.5. The van der Waals surface area contributed by atoms with E-state index in [0.717, 1.165) is 11.9 Å². The zero-order valence-electron chi connectivity index (χ0n) is 11.3. The third-order valence-electron chi connectivity index (χ3n) is 2.77. The van der Waals surface area contributed by atoms with Gasteiger partial charge in [0.25, 0.3) is 0 Å². The van der Waals surface area contributed by atoms with Crippen molar-refractivity contribution in [3.8, 4) is 5.75 Å². The molecule has 0 spiro atoms. The molecule has 0 atom stereocenters. The first kappa shape index (κ1) is 14.8. The van der Waals surface area contributed by atoms with Crippen molar-refractivity contribution in [2.75, 3.05) is 18.2 Å². The van der Waals surface area contributed by atoms with Crippen molar-refractivity contribution in [3.05, 3.63) is 39.2 Å². The van der Waals surface area contributed by atoms with E-state index in [1.807, 2.05) is 0 Å². The topological polar surface area (TPSA) is 116 Å². The van der Waals surface area contributed by atoms with Crippen LogP contribution in [0.25, 0.3) is 0 Å². The number of nitro groups is 1. The van der Waals surface area contributed by atoms with Gasteiger partial charge in [0, 0.05) is 11.1 Å². The molecule has 2 rings (SSSR count). The number of nitrogen functional groups attached to an aromatic ring is 1. The SMILES string of the molecule is COc1cc(Cl)c(C)cc1Nc1ncnc(N)c1[N+](=O)[O-]. The van der Waals surface area contributed by atoms with E-state index >= 15 is 0 Å². The molecule has 2 aromatic rings. The van der Waals surface area contributed by atoms with Crippen molar-refractivity contribution >= 4 is 34.6 Å². The Morgan fingerprint density at radius 3 is 2.76 bits per heavy atom. The van der Waals surface area contributed by atoms with Crippen molar-refractivity contribution < 1.29 is 9.66 Å². The molecule has 110 valence electrons. The highest BCUT2D eigenvalue weighted by molar-refractivity contribution is 6.31. The third kappa shape index (κ3) is 2.95. The van der Waals surface area contributed by atoms with Gasteiger partial charge in [0.15, 0.2) is 0 Å². The smallest absolute Gasteiger partial charge is 0.353 e. The summed E-state index contributed by atoms with van der Waals surface area (Å²) in [4.78, 5) is 17.9. The number of anilines is 3. The first-order chi connectivity index (χ1) is 9.93. The second-order valence-corrected chi connectivity index (χ2v) is 4.55. The van der Waals surface area contributed by atoms with Crippen LogP contribution < -0.4 is 15.8 Å². The van der Waals surface area contributed by atoms with Crippen molar-refractivity contribution in [2.24, 2.45) is 0 Å². The summed E-state index contributed by atoms with van der Waals surface area (Å²) in [6, 6.07) is 3.30. The molecule has 0 aliphatic rings. The number of aryl methyl sites for hydroxylation is 1. The van der Waals surface area contributed by atoms with Gasteiger partial charge in [-0.1, -0.05) is 11.6 Å². The molecule has 1 heterocycles. The number of halogens is 1. The average molecular weight is 310 g/mol. The van der Waals surface area contributed by atoms with Crippen LogP contribution in [0.4, 0.5) is 23.0 Å². The molecule has 0 bridgehead atoms. The summed E-state index contributed by atoms with van der Waals surface area (Å²) in [6.45, 7) is 1.80. The zero-order valence-corrected chi connectivity index (χ0v) is 12.0. The van der Waals surface area contributed by atoms with Gasteiger partial charge < -0.3 is 15.8 Å². The monoisotopic (exact) mass is 309 g/mol. The minimum Gasteiger partial charge on any atom is -0.495 e. The molecule has 0 radical (unpaired) electrons. The first-order valence-electron chi connectivity index (χ1n) is 5.80. The van der Waals surface area contributed by atoms with E-state index in [1.54, 1.807) is 19.1 Å². The Bertz CT molecular complexity index is 708. The Morgan fingerprint density at radius 2 is 2.14 bits per heavy atom. The summed E-state index contributed by atoms with van der Waals surface area (Å²) in [6.07, 6.45) is 1.14. The molecule has 0 aliphatic heterocycles. The van der Waals surface area contributed by atoms with E-state index in [-0.39, 0.29) is 11.6 Å². The highest BCUT2D eigenvalue weighted by Gasteiger charge is 2.22. The van der Waals surface area contributed by atoms with Gasteiger partial charge in [-0.2, -0.15) is 0 Å². The molecular weight excluding hydrogens is 298 g/mol. The van der Waals surface area contributed by atoms with Crippen LogP contribution in [0, 0.1) is 17.0 Å². The molecule has 0 fully saturated rings. The van der Waals surface area contributed by atoms with Crippen molar-refractivity contribution in [1.29, 1.82) is 0 Å². The number of benzene rings is 1. The molecular formula is C12H12ClN5O3. The van der Waals surface area contributed by atoms with E-state index in [1.165, 1.54) is 7.11 Å². The summed E-state index contributed by atoms with van der Waals surface area (Å²) in [5.41, 5.74) is 6.39. The second kappa shape index (κ2) is 5.80. The maximum absolute atomic E-state index is 11.1. The highest BCUT2D eigenvalue weighted by Crippen LogP contribution is 2.35. The van der Waals surface area contributed by atoms with Gasteiger partial charge in [-0.25, -0.2) is 9.97 Å². The largest absolute Gasteiger partial charge is 0.495 e. The van der Waals surface area contributed by atoms with Crippen LogP contribution >= 0.6 is 11.6 Å². The van der Waals surface area contributed by atoms with Gasteiger partial charge in [-0.3, -0.25) is 10.1 Å². The van der Waals surface area contributed by atoms with Gasteiger partial charge in [-0.05, 0) is 18.6 Å². The average Bonchev–Trinajstić information content (AvgIpc) is 2.42. The fraction of sp³-hybridized carbons (Fsp3) is 0.167. The predicted octanol–water partition coefficient (Wildman–Crippen LogP) is 2.68. The predicted molar refractivity (Wildman–Crippen MR) is 79.1 cm³/mol. The van der Waals surface area contributed by atoms with Gasteiger partial charge >= 0.3 is 5.69 Å². The molecule has 0 unspecified atom stereocenters. The number of aromatic nitrogens is 2. The molecule has 9 heteroatoms. The summed E-state index contributed by atoms with van der Waals surface area (Å²) < 4.78 is 5.19. The number of hydrogen-bond acceptors (Lipinski definition) is 7. The van der Waals surface area contributed by atoms with Crippen LogP contribution in [0.15, 0.2) is 18.5 Å². The number of nitrogens with two attached hydrogens (primary N) is 1. The van der Waals surface area contributed by atoms with Gasteiger partial charge in [0.2, 0.25) is 11.6 Å². The van der Waals surface area contributed by atoms with Crippen LogP contribution in [-0.4, -0.2) is 22.0 Å². The molecule has 8 nitrogen and oxygen atoms in total. The van der Waals surface area contributed by atoms with Gasteiger partial charge in [-0.15, -0.1) is 0 Å². The first-order valence-corrected chi connectivity index (χ1v) is 6.18. The van der Waals surface area contributed by atoms with Crippen LogP contribution in [0.3, 0.4) is 0 Å². The zero-order chi connectivity index (χ0) is 15.6. The van der Waals surface area contributed by atoms with Crippen molar-refractivity contribution in [2.45, 2.75) is 6.92 Å². The van der Waals surface area contributed by atoms with E-state index in [9.17, 15) is 10.1 Å². The fourth-order valence-corrected chi connectivity index (χ4v) is 1.87. The van der Waals surface area contributed by atoms with E-state index in [4.69, 9.17) is 22.1 Å². The lowest BCUT2D eigenvalue weighted by Crippen LogP contribution is -2.05. The molecule has 0 amide bonds. The minimum absolute atomic E-state index is 0.0208. The Kier molecular flexibility index (Phi) is 4.08. The number of ether oxygens (including phenoxy) is 1. The van der Waals surface area contributed by atoms with Gasteiger partial charge in [0.1, 0.15) is 12.1 Å². The lowest BCUT2D eigenvalue weighted by molar-refractivity contribution is -0.383. The van der Waals surface area contributed by atoms with Gasteiger partial charge in [0.05, 0.1) is 17.7 Å². The molecule has 1 aromatic carbocycles. The Morgan fingerprint density at radius 1 is 1.43 bits per heavy atom. The molecule has 3 N–H and O–H groups in total. The number of nitrogens with one attached hydrogen (secondary N) is 1. The maximum Gasteiger partial charge on any atom is 0.353 e. The maximum atomic E-state index is 11.1. The standard InChI is InChI=1S/C12H12ClN5O3/c1-6-3-8(9(21-2)4-7(6)13)17-12-10(18(19)20)11(14)15-5-16-12/h3-5H,1-2H3,(H3,14,15,16,17). The van der Waals surface area contributed by atoms with Crippen molar-refractivity contribution in [3.63, 3.8) is 0 Å². The summed E-state index contributed by atoms with van der Waals surface area (Å²) in [5.74, 6) is 0.187. The van der Waals surface area contributed by atoms with E-state index < -0.39 is 10.6 Å². The molecule has 0 aliphatic carbocycles. The molecule has 0 saturated carbocycles. The lowest BCUT2D eigenvalue weighted by Gasteiger charge is -2.12. The normalized spacial score (nSPS) is 10.2. The van der Waals surface area contributed by atoms with E-state index in [2.05, 4.69) is 15.3 Å². The van der Waals surface area contributed by atoms with E-state index in [0.29, 0.717) is 16.5 Å². The number of nitrogens with zero attached hydrogens (tertiary/aromatic N) is 3.